The fourth-order valence-corrected chi connectivity index (χ4v) is 3.58. The predicted octanol–water partition coefficient (Wildman–Crippen LogP) is 4.00. The number of hydrogen-bond donors (Lipinski definition) is 0. The molecule has 0 saturated carbocycles. The summed E-state index contributed by atoms with van der Waals surface area (Å²) in [7, 11) is 1.51. The van der Waals surface area contributed by atoms with Crippen molar-refractivity contribution < 1.29 is 14.0 Å². The van der Waals surface area contributed by atoms with Gasteiger partial charge in [0, 0.05) is 11.9 Å². The van der Waals surface area contributed by atoms with Crippen LogP contribution < -0.4 is 4.90 Å². The van der Waals surface area contributed by atoms with Crippen molar-refractivity contribution in [2.24, 2.45) is 0 Å². The molecule has 1 aliphatic rings. The highest BCUT2D eigenvalue weighted by atomic mass is 35.5. The molecule has 1 atom stereocenters. The van der Waals surface area contributed by atoms with Gasteiger partial charge in [-0.1, -0.05) is 47.6 Å². The van der Waals surface area contributed by atoms with Gasteiger partial charge in [-0.3, -0.25) is 4.79 Å². The van der Waals surface area contributed by atoms with Gasteiger partial charge >= 0.3 is 6.03 Å². The number of carbonyl (C=O) groups excluding carboxylic acids is 2. The van der Waals surface area contributed by atoms with Crippen LogP contribution in [-0.2, 0) is 4.79 Å². The number of likely N-dealkylation sites (N-methyl/N-ethyl adjacent to an activating group) is 1. The van der Waals surface area contributed by atoms with Crippen LogP contribution in [0, 0.1) is 5.82 Å². The Labute approximate surface area is 141 Å². The molecule has 118 valence electrons. The van der Waals surface area contributed by atoms with Crippen LogP contribution in [-0.4, -0.2) is 29.3 Å². The minimum atomic E-state index is -0.790. The third kappa shape index (κ3) is 2.80. The lowest BCUT2D eigenvalue weighted by atomic mass is 10.3. The van der Waals surface area contributed by atoms with E-state index in [1.165, 1.54) is 30.1 Å². The standard InChI is InChI=1S/C16H12ClFN2O2S/c1-19-15(23-13-9-5-2-6-10(13)17)14(21)20(16(19)22)12-8-4-3-7-11(12)18/h2-9,15H,1H3. The average Bonchev–Trinajstić information content (AvgIpc) is 2.74. The lowest BCUT2D eigenvalue weighted by Crippen LogP contribution is -2.32. The van der Waals surface area contributed by atoms with Crippen LogP contribution in [0.5, 0.6) is 0 Å². The van der Waals surface area contributed by atoms with E-state index in [9.17, 15) is 14.0 Å². The number of para-hydroxylation sites is 1. The van der Waals surface area contributed by atoms with Crippen molar-refractivity contribution in [2.75, 3.05) is 11.9 Å². The number of thioether (sulfide) groups is 1. The Morgan fingerprint density at radius 1 is 1.09 bits per heavy atom. The lowest BCUT2D eigenvalue weighted by Gasteiger charge is -2.15. The van der Waals surface area contributed by atoms with Crippen LogP contribution in [0.1, 0.15) is 0 Å². The number of rotatable bonds is 3. The van der Waals surface area contributed by atoms with Gasteiger partial charge in [-0.05, 0) is 24.3 Å². The van der Waals surface area contributed by atoms with Crippen molar-refractivity contribution in [3.63, 3.8) is 0 Å². The third-order valence-electron chi connectivity index (χ3n) is 3.45. The van der Waals surface area contributed by atoms with E-state index in [0.717, 1.165) is 16.7 Å². The Balaban J connectivity index is 1.93. The Morgan fingerprint density at radius 2 is 1.74 bits per heavy atom. The molecule has 3 rings (SSSR count). The van der Waals surface area contributed by atoms with Crippen molar-refractivity contribution in [3.8, 4) is 0 Å². The largest absolute Gasteiger partial charge is 0.332 e. The van der Waals surface area contributed by atoms with Gasteiger partial charge in [0.25, 0.3) is 5.91 Å². The fourth-order valence-electron chi connectivity index (χ4n) is 2.27. The highest BCUT2D eigenvalue weighted by molar-refractivity contribution is 8.00. The van der Waals surface area contributed by atoms with Crippen molar-refractivity contribution in [1.29, 1.82) is 0 Å². The lowest BCUT2D eigenvalue weighted by molar-refractivity contribution is -0.117. The molecule has 3 amide bonds. The second kappa shape index (κ2) is 6.22. The number of benzene rings is 2. The van der Waals surface area contributed by atoms with E-state index in [4.69, 9.17) is 11.6 Å². The van der Waals surface area contributed by atoms with E-state index >= 15 is 0 Å². The zero-order chi connectivity index (χ0) is 16.6. The number of urea groups is 1. The van der Waals surface area contributed by atoms with E-state index in [2.05, 4.69) is 0 Å². The van der Waals surface area contributed by atoms with Gasteiger partial charge in [0.1, 0.15) is 5.82 Å². The molecule has 1 fully saturated rings. The zero-order valence-electron chi connectivity index (χ0n) is 12.1. The maximum Gasteiger partial charge on any atom is 0.332 e. The molecule has 0 bridgehead atoms. The van der Waals surface area contributed by atoms with Crippen molar-refractivity contribution >= 4 is 41.0 Å². The molecule has 2 aromatic carbocycles. The van der Waals surface area contributed by atoms with Crippen LogP contribution in [0.3, 0.4) is 0 Å². The highest BCUT2D eigenvalue weighted by Gasteiger charge is 2.45. The van der Waals surface area contributed by atoms with Crippen LogP contribution in [0.4, 0.5) is 14.9 Å². The Kier molecular flexibility index (Phi) is 4.28. The molecule has 0 spiro atoms. The molecule has 7 heteroatoms. The molecule has 0 radical (unpaired) electrons. The number of hydrogen-bond acceptors (Lipinski definition) is 3. The quantitative estimate of drug-likeness (QED) is 0.786. The van der Waals surface area contributed by atoms with Crippen LogP contribution in [0.2, 0.25) is 5.02 Å². The first-order valence-corrected chi connectivity index (χ1v) is 8.03. The van der Waals surface area contributed by atoms with Gasteiger partial charge in [0.05, 0.1) is 10.7 Å². The molecule has 23 heavy (non-hydrogen) atoms. The van der Waals surface area contributed by atoms with E-state index in [0.29, 0.717) is 9.92 Å². The summed E-state index contributed by atoms with van der Waals surface area (Å²) in [6.45, 7) is 0. The molecule has 1 aliphatic heterocycles. The summed E-state index contributed by atoms with van der Waals surface area (Å²) in [6, 6.07) is 12.2. The molecule has 0 N–H and O–H groups in total. The Bertz CT molecular complexity index is 786. The van der Waals surface area contributed by atoms with E-state index in [1.807, 2.05) is 0 Å². The van der Waals surface area contributed by atoms with Gasteiger partial charge in [-0.15, -0.1) is 0 Å². The molecule has 1 heterocycles. The monoisotopic (exact) mass is 350 g/mol. The van der Waals surface area contributed by atoms with Gasteiger partial charge in [-0.2, -0.15) is 0 Å². The highest BCUT2D eigenvalue weighted by Crippen LogP contribution is 2.37. The zero-order valence-corrected chi connectivity index (χ0v) is 13.6. The van der Waals surface area contributed by atoms with E-state index < -0.39 is 23.1 Å². The fraction of sp³-hybridized carbons (Fsp3) is 0.125. The molecule has 1 unspecified atom stereocenters. The number of carbonyl (C=O) groups is 2. The summed E-state index contributed by atoms with van der Waals surface area (Å²) in [5, 5.41) is -0.294. The maximum atomic E-state index is 13.9. The molecule has 0 aromatic heterocycles. The summed E-state index contributed by atoms with van der Waals surface area (Å²) in [5.41, 5.74) is -0.0448. The Morgan fingerprint density at radius 3 is 2.43 bits per heavy atom. The molecular formula is C16H12ClFN2O2S. The smallest absolute Gasteiger partial charge is 0.306 e. The molecule has 0 aliphatic carbocycles. The van der Waals surface area contributed by atoms with E-state index in [1.54, 1.807) is 30.3 Å². The summed E-state index contributed by atoms with van der Waals surface area (Å²) in [5.74, 6) is -1.11. The SMILES string of the molecule is CN1C(=O)N(c2ccccc2F)C(=O)C1Sc1ccccc1Cl. The van der Waals surface area contributed by atoms with E-state index in [-0.39, 0.29) is 5.69 Å². The van der Waals surface area contributed by atoms with Crippen LogP contribution in [0.25, 0.3) is 0 Å². The molecule has 4 nitrogen and oxygen atoms in total. The van der Waals surface area contributed by atoms with Crippen molar-refractivity contribution in [3.05, 3.63) is 59.4 Å². The number of nitrogens with zero attached hydrogens (tertiary/aromatic N) is 2. The number of anilines is 1. The summed E-state index contributed by atoms with van der Waals surface area (Å²) in [6.07, 6.45) is 0. The molecule has 1 saturated heterocycles. The van der Waals surface area contributed by atoms with Crippen molar-refractivity contribution in [1.82, 2.24) is 4.90 Å². The van der Waals surface area contributed by atoms with Gasteiger partial charge in [0.15, 0.2) is 5.37 Å². The van der Waals surface area contributed by atoms with Crippen LogP contribution in [0.15, 0.2) is 53.4 Å². The summed E-state index contributed by atoms with van der Waals surface area (Å²) < 4.78 is 13.9. The summed E-state index contributed by atoms with van der Waals surface area (Å²) >= 11 is 7.27. The second-order valence-corrected chi connectivity index (χ2v) is 6.45. The Hall–Kier alpha value is -2.05. The topological polar surface area (TPSA) is 40.6 Å². The van der Waals surface area contributed by atoms with Gasteiger partial charge < -0.3 is 4.90 Å². The maximum absolute atomic E-state index is 13.9. The van der Waals surface area contributed by atoms with Gasteiger partial charge in [-0.25, -0.2) is 14.1 Å². The first kappa shape index (κ1) is 15.8. The molecule has 2 aromatic rings. The second-order valence-electron chi connectivity index (χ2n) is 4.92. The number of halogens is 2. The van der Waals surface area contributed by atoms with Gasteiger partial charge in [0.2, 0.25) is 0 Å². The minimum absolute atomic E-state index is 0.0448. The first-order valence-electron chi connectivity index (χ1n) is 6.77. The predicted molar refractivity (Wildman–Crippen MR) is 88.1 cm³/mol. The minimum Gasteiger partial charge on any atom is -0.306 e. The third-order valence-corrected chi connectivity index (χ3v) is 5.24. The van der Waals surface area contributed by atoms with Crippen LogP contribution >= 0.6 is 23.4 Å². The number of amides is 3. The number of imide groups is 1. The summed E-state index contributed by atoms with van der Waals surface area (Å²) in [4.78, 5) is 27.8. The normalized spacial score (nSPS) is 18.0. The van der Waals surface area contributed by atoms with Crippen molar-refractivity contribution in [2.45, 2.75) is 10.3 Å². The molecular weight excluding hydrogens is 339 g/mol. The average molecular weight is 351 g/mol. The first-order chi connectivity index (χ1) is 11.0.